The van der Waals surface area contributed by atoms with E-state index in [2.05, 4.69) is 21.2 Å². The van der Waals surface area contributed by atoms with Gasteiger partial charge in [-0.3, -0.25) is 9.59 Å². The molecule has 2 rings (SSSR count). The maximum atomic E-state index is 12.4. The molecule has 7 heteroatoms. The summed E-state index contributed by atoms with van der Waals surface area (Å²) in [5.41, 5.74) is 5.46. The van der Waals surface area contributed by atoms with Gasteiger partial charge in [0, 0.05) is 24.1 Å². The normalized spacial score (nSPS) is 19.2. The number of nitrogens with one attached hydrogen (secondary N) is 1. The number of phenols is 1. The van der Waals surface area contributed by atoms with Crippen molar-refractivity contribution in [2.45, 2.75) is 6.04 Å². The fraction of sp³-hybridized carbons (Fsp3) is 0.333. The summed E-state index contributed by atoms with van der Waals surface area (Å²) in [6, 6.07) is 3.93. The van der Waals surface area contributed by atoms with E-state index in [4.69, 9.17) is 5.73 Å². The molecule has 102 valence electrons. The Labute approximate surface area is 118 Å². The number of hydrogen-bond donors (Lipinski definition) is 3. The van der Waals surface area contributed by atoms with Crippen LogP contribution in [0.2, 0.25) is 0 Å². The Morgan fingerprint density at radius 2 is 2.21 bits per heavy atom. The van der Waals surface area contributed by atoms with Crippen LogP contribution in [0.15, 0.2) is 22.7 Å². The third-order valence-corrected chi connectivity index (χ3v) is 3.52. The quantitative estimate of drug-likeness (QED) is 0.715. The Balaban J connectivity index is 2.28. The molecule has 19 heavy (non-hydrogen) atoms. The molecule has 4 N–H and O–H groups in total. The van der Waals surface area contributed by atoms with E-state index in [1.165, 1.54) is 17.0 Å². The molecule has 0 saturated carbocycles. The lowest BCUT2D eigenvalue weighted by Gasteiger charge is -2.34. The van der Waals surface area contributed by atoms with Gasteiger partial charge in [0.2, 0.25) is 5.91 Å². The van der Waals surface area contributed by atoms with Crippen LogP contribution in [0, 0.1) is 0 Å². The fourth-order valence-corrected chi connectivity index (χ4v) is 2.39. The monoisotopic (exact) mass is 327 g/mol. The van der Waals surface area contributed by atoms with Gasteiger partial charge in [-0.2, -0.15) is 0 Å². The Hall–Kier alpha value is -1.60. The molecule has 1 aliphatic heterocycles. The van der Waals surface area contributed by atoms with E-state index in [0.717, 1.165) is 0 Å². The van der Waals surface area contributed by atoms with E-state index in [9.17, 15) is 14.7 Å². The topological polar surface area (TPSA) is 95.7 Å². The maximum Gasteiger partial charge on any atom is 0.258 e. The molecule has 1 atom stereocenters. The number of piperazine rings is 1. The van der Waals surface area contributed by atoms with E-state index in [1.807, 2.05) is 0 Å². The van der Waals surface area contributed by atoms with Gasteiger partial charge in [0.1, 0.15) is 11.8 Å². The minimum atomic E-state index is -0.690. The summed E-state index contributed by atoms with van der Waals surface area (Å²) in [5, 5.41) is 12.8. The number of hydrogen-bond acceptors (Lipinski definition) is 4. The van der Waals surface area contributed by atoms with Crippen molar-refractivity contribution >= 4 is 27.7 Å². The van der Waals surface area contributed by atoms with Crippen LogP contribution in [-0.4, -0.2) is 47.5 Å². The first kappa shape index (κ1) is 13.8. The highest BCUT2D eigenvalue weighted by Crippen LogP contribution is 2.24. The van der Waals surface area contributed by atoms with Crippen LogP contribution in [0.1, 0.15) is 10.4 Å². The second-order valence-corrected chi connectivity index (χ2v) is 5.20. The molecule has 0 aliphatic carbocycles. The second kappa shape index (κ2) is 5.58. The van der Waals surface area contributed by atoms with E-state index < -0.39 is 17.9 Å². The molecular formula is C12H14BrN3O3. The number of nitrogens with two attached hydrogens (primary N) is 1. The largest absolute Gasteiger partial charge is 0.507 e. The molecular weight excluding hydrogens is 314 g/mol. The minimum Gasteiger partial charge on any atom is -0.507 e. The van der Waals surface area contributed by atoms with Gasteiger partial charge >= 0.3 is 0 Å². The Morgan fingerprint density at radius 3 is 2.84 bits per heavy atom. The number of primary amides is 1. The number of carbonyl (C=O) groups excluding carboxylic acids is 2. The smallest absolute Gasteiger partial charge is 0.258 e. The van der Waals surface area contributed by atoms with Crippen LogP contribution in [0.3, 0.4) is 0 Å². The lowest BCUT2D eigenvalue weighted by atomic mass is 10.1. The average molecular weight is 328 g/mol. The van der Waals surface area contributed by atoms with Gasteiger partial charge in [0.15, 0.2) is 0 Å². The van der Waals surface area contributed by atoms with Crippen LogP contribution in [0.25, 0.3) is 0 Å². The van der Waals surface area contributed by atoms with Crippen LogP contribution < -0.4 is 11.1 Å². The van der Waals surface area contributed by atoms with E-state index in [-0.39, 0.29) is 11.3 Å². The summed E-state index contributed by atoms with van der Waals surface area (Å²) in [6.45, 7) is 1.30. The van der Waals surface area contributed by atoms with Gasteiger partial charge in [-0.05, 0) is 18.2 Å². The Bertz CT molecular complexity index is 521. The van der Waals surface area contributed by atoms with Crippen LogP contribution in [-0.2, 0) is 4.79 Å². The summed E-state index contributed by atoms with van der Waals surface area (Å²) in [6.07, 6.45) is 0. The molecule has 6 nitrogen and oxygen atoms in total. The number of aromatic hydroxyl groups is 1. The molecule has 1 saturated heterocycles. The standard InChI is InChI=1S/C12H14BrN3O3/c13-7-1-2-8(10(17)5-7)12(19)16-4-3-15-6-9(16)11(14)18/h1-2,5,9,15,17H,3-4,6H2,(H2,14,18). The highest BCUT2D eigenvalue weighted by molar-refractivity contribution is 9.10. The lowest BCUT2D eigenvalue weighted by molar-refractivity contribution is -0.122. The Kier molecular flexibility index (Phi) is 4.06. The van der Waals surface area contributed by atoms with Crippen molar-refractivity contribution < 1.29 is 14.7 Å². The number of nitrogens with zero attached hydrogens (tertiary/aromatic N) is 1. The third-order valence-electron chi connectivity index (χ3n) is 3.02. The van der Waals surface area contributed by atoms with Gasteiger partial charge in [-0.1, -0.05) is 15.9 Å². The number of carbonyl (C=O) groups is 2. The SMILES string of the molecule is NC(=O)C1CNCCN1C(=O)c1ccc(Br)cc1O. The molecule has 1 aromatic rings. The number of halogens is 1. The molecule has 1 unspecified atom stereocenters. The van der Waals surface area contributed by atoms with Gasteiger partial charge in [-0.25, -0.2) is 0 Å². The van der Waals surface area contributed by atoms with Crippen molar-refractivity contribution in [3.63, 3.8) is 0 Å². The molecule has 0 aromatic heterocycles. The second-order valence-electron chi connectivity index (χ2n) is 4.28. The molecule has 1 fully saturated rings. The molecule has 0 radical (unpaired) electrons. The van der Waals surface area contributed by atoms with E-state index in [0.29, 0.717) is 24.1 Å². The maximum absolute atomic E-state index is 12.4. The lowest BCUT2D eigenvalue weighted by Crippen LogP contribution is -2.58. The molecule has 1 heterocycles. The third kappa shape index (κ3) is 2.87. The fourth-order valence-electron chi connectivity index (χ4n) is 2.04. The van der Waals surface area contributed by atoms with Gasteiger partial charge in [0.25, 0.3) is 5.91 Å². The van der Waals surface area contributed by atoms with Crippen LogP contribution in [0.5, 0.6) is 5.75 Å². The summed E-state index contributed by atoms with van der Waals surface area (Å²) >= 11 is 3.21. The van der Waals surface area contributed by atoms with Crippen molar-refractivity contribution in [2.24, 2.45) is 5.73 Å². The molecule has 2 amide bonds. The van der Waals surface area contributed by atoms with Crippen LogP contribution in [0.4, 0.5) is 0 Å². The summed E-state index contributed by atoms with van der Waals surface area (Å²) in [4.78, 5) is 25.1. The molecule has 1 aliphatic rings. The minimum absolute atomic E-state index is 0.124. The van der Waals surface area contributed by atoms with Gasteiger partial charge < -0.3 is 21.1 Å². The number of benzene rings is 1. The average Bonchev–Trinajstić information content (AvgIpc) is 2.38. The predicted octanol–water partition coefficient (Wildman–Crippen LogP) is 0.0540. The predicted molar refractivity (Wildman–Crippen MR) is 72.7 cm³/mol. The van der Waals surface area contributed by atoms with Gasteiger partial charge in [-0.15, -0.1) is 0 Å². The zero-order chi connectivity index (χ0) is 14.0. The van der Waals surface area contributed by atoms with E-state index in [1.54, 1.807) is 6.07 Å². The number of amides is 2. The van der Waals surface area contributed by atoms with Crippen molar-refractivity contribution in [2.75, 3.05) is 19.6 Å². The van der Waals surface area contributed by atoms with E-state index >= 15 is 0 Å². The summed E-state index contributed by atoms with van der Waals surface area (Å²) in [7, 11) is 0. The zero-order valence-electron chi connectivity index (χ0n) is 10.1. The first-order valence-corrected chi connectivity index (χ1v) is 6.59. The molecule has 0 bridgehead atoms. The summed E-state index contributed by atoms with van der Waals surface area (Å²) < 4.78 is 0.674. The summed E-state index contributed by atoms with van der Waals surface area (Å²) in [5.74, 6) is -1.08. The van der Waals surface area contributed by atoms with Crippen molar-refractivity contribution in [3.05, 3.63) is 28.2 Å². The highest BCUT2D eigenvalue weighted by atomic mass is 79.9. The molecule has 0 spiro atoms. The molecule has 1 aromatic carbocycles. The zero-order valence-corrected chi connectivity index (χ0v) is 11.7. The number of phenolic OH excluding ortho intramolecular Hbond substituents is 1. The Morgan fingerprint density at radius 1 is 1.47 bits per heavy atom. The highest BCUT2D eigenvalue weighted by Gasteiger charge is 2.32. The first-order valence-electron chi connectivity index (χ1n) is 5.80. The van der Waals surface area contributed by atoms with Crippen LogP contribution >= 0.6 is 15.9 Å². The number of rotatable bonds is 2. The van der Waals surface area contributed by atoms with Crippen molar-refractivity contribution in [3.8, 4) is 5.75 Å². The van der Waals surface area contributed by atoms with Gasteiger partial charge in [0.05, 0.1) is 5.56 Å². The first-order chi connectivity index (χ1) is 9.00. The van der Waals surface area contributed by atoms with Crippen molar-refractivity contribution in [1.82, 2.24) is 10.2 Å². The van der Waals surface area contributed by atoms with Crippen molar-refractivity contribution in [1.29, 1.82) is 0 Å².